The Morgan fingerprint density at radius 1 is 1.26 bits per heavy atom. The molecule has 0 bridgehead atoms. The largest absolute Gasteiger partial charge is 0.396 e. The lowest BCUT2D eigenvalue weighted by atomic mass is 9.85. The first-order valence-electron chi connectivity index (χ1n) is 7.41. The molecule has 104 valence electrons. The molecule has 0 spiro atoms. The van der Waals surface area contributed by atoms with Gasteiger partial charge in [-0.25, -0.2) is 0 Å². The number of halogens is 1. The maximum Gasteiger partial charge on any atom is 0.0471 e. The molecule has 3 heteroatoms. The number of aliphatic hydroxyl groups excluding tert-OH is 1. The quantitative estimate of drug-likeness (QED) is 0.900. The van der Waals surface area contributed by atoms with Crippen molar-refractivity contribution in [3.8, 4) is 0 Å². The molecule has 2 nitrogen and oxygen atoms in total. The maximum absolute atomic E-state index is 9.41. The Labute approximate surface area is 123 Å². The van der Waals surface area contributed by atoms with Gasteiger partial charge in [-0.3, -0.25) is 4.90 Å². The van der Waals surface area contributed by atoms with Gasteiger partial charge in [0, 0.05) is 23.7 Å². The van der Waals surface area contributed by atoms with Gasteiger partial charge in [0.05, 0.1) is 0 Å². The van der Waals surface area contributed by atoms with Gasteiger partial charge in [0.1, 0.15) is 0 Å². The molecule has 19 heavy (non-hydrogen) atoms. The molecule has 1 saturated heterocycles. The van der Waals surface area contributed by atoms with Gasteiger partial charge in [0.2, 0.25) is 0 Å². The molecule has 2 unspecified atom stereocenters. The van der Waals surface area contributed by atoms with Crippen LogP contribution in [0.4, 0.5) is 0 Å². The molecule has 1 N–H and O–H groups in total. The van der Waals surface area contributed by atoms with Gasteiger partial charge in [-0.2, -0.15) is 0 Å². The fourth-order valence-electron chi connectivity index (χ4n) is 3.65. The number of likely N-dealkylation sites (tertiary alicyclic amines) is 1. The highest BCUT2D eigenvalue weighted by Crippen LogP contribution is 2.37. The van der Waals surface area contributed by atoms with E-state index in [1.165, 1.54) is 54.2 Å². The van der Waals surface area contributed by atoms with Crippen molar-refractivity contribution >= 4 is 15.9 Å². The highest BCUT2D eigenvalue weighted by Gasteiger charge is 2.29. The highest BCUT2D eigenvalue weighted by atomic mass is 79.9. The molecule has 2 aliphatic rings. The summed E-state index contributed by atoms with van der Waals surface area (Å²) in [4.78, 5) is 2.61. The van der Waals surface area contributed by atoms with Gasteiger partial charge in [-0.05, 0) is 67.8 Å². The zero-order valence-electron chi connectivity index (χ0n) is 11.3. The van der Waals surface area contributed by atoms with Crippen molar-refractivity contribution < 1.29 is 5.11 Å². The van der Waals surface area contributed by atoms with E-state index in [9.17, 15) is 5.11 Å². The molecule has 1 aliphatic heterocycles. The minimum Gasteiger partial charge on any atom is -0.396 e. The first-order valence-corrected chi connectivity index (χ1v) is 8.20. The predicted molar refractivity (Wildman–Crippen MR) is 81.2 cm³/mol. The van der Waals surface area contributed by atoms with E-state index in [1.807, 2.05) is 0 Å². The Balaban J connectivity index is 1.84. The van der Waals surface area contributed by atoms with Crippen LogP contribution in [-0.2, 0) is 6.42 Å². The summed E-state index contributed by atoms with van der Waals surface area (Å²) in [5, 5.41) is 9.41. The number of aryl methyl sites for hydroxylation is 1. The van der Waals surface area contributed by atoms with Crippen molar-refractivity contribution in [2.45, 2.75) is 38.1 Å². The second kappa shape index (κ2) is 5.94. The van der Waals surface area contributed by atoms with E-state index in [4.69, 9.17) is 0 Å². The second-order valence-corrected chi connectivity index (χ2v) is 6.85. The standard InChI is InChI=1S/C16H22BrNO/c17-14-7-6-13-4-1-5-16(15(13)9-14)18-8-2-3-12(10-18)11-19/h6-7,9,12,16,19H,1-5,8,10-11H2. The van der Waals surface area contributed by atoms with E-state index in [0.717, 1.165) is 6.54 Å². The number of piperidine rings is 1. The van der Waals surface area contributed by atoms with E-state index in [1.54, 1.807) is 0 Å². The molecule has 0 amide bonds. The third kappa shape index (κ3) is 2.88. The summed E-state index contributed by atoms with van der Waals surface area (Å²) in [6, 6.07) is 7.31. The minimum absolute atomic E-state index is 0.342. The Morgan fingerprint density at radius 2 is 2.16 bits per heavy atom. The summed E-state index contributed by atoms with van der Waals surface area (Å²) in [5.41, 5.74) is 3.03. The van der Waals surface area contributed by atoms with Crippen LogP contribution >= 0.6 is 15.9 Å². The van der Waals surface area contributed by atoms with E-state index in [0.29, 0.717) is 18.6 Å². The predicted octanol–water partition coefficient (Wildman–Crippen LogP) is 3.53. The lowest BCUT2D eigenvalue weighted by Crippen LogP contribution is -2.40. The lowest BCUT2D eigenvalue weighted by molar-refractivity contribution is 0.0805. The smallest absolute Gasteiger partial charge is 0.0471 e. The normalized spacial score (nSPS) is 28.1. The fourth-order valence-corrected chi connectivity index (χ4v) is 4.03. The first-order chi connectivity index (χ1) is 9.28. The van der Waals surface area contributed by atoms with E-state index < -0.39 is 0 Å². The van der Waals surface area contributed by atoms with E-state index in [-0.39, 0.29) is 0 Å². The van der Waals surface area contributed by atoms with Gasteiger partial charge in [-0.15, -0.1) is 0 Å². The van der Waals surface area contributed by atoms with Crippen LogP contribution in [0.1, 0.15) is 42.9 Å². The Kier molecular flexibility index (Phi) is 4.25. The van der Waals surface area contributed by atoms with Gasteiger partial charge >= 0.3 is 0 Å². The number of nitrogens with zero attached hydrogens (tertiary/aromatic N) is 1. The van der Waals surface area contributed by atoms with Crippen LogP contribution in [0.25, 0.3) is 0 Å². The molecule has 1 heterocycles. The van der Waals surface area contributed by atoms with Gasteiger partial charge in [-0.1, -0.05) is 22.0 Å². The molecule has 0 saturated carbocycles. The van der Waals surface area contributed by atoms with Crippen molar-refractivity contribution in [3.63, 3.8) is 0 Å². The van der Waals surface area contributed by atoms with Gasteiger partial charge < -0.3 is 5.11 Å². The SMILES string of the molecule is OCC1CCCN(C2CCCc3ccc(Br)cc32)C1. The number of aliphatic hydroxyl groups is 1. The Bertz CT molecular complexity index is 448. The summed E-state index contributed by atoms with van der Waals surface area (Å²) >= 11 is 3.61. The summed E-state index contributed by atoms with van der Waals surface area (Å²) in [6.07, 6.45) is 6.19. The topological polar surface area (TPSA) is 23.5 Å². The van der Waals surface area contributed by atoms with Crippen molar-refractivity contribution in [3.05, 3.63) is 33.8 Å². The molecule has 1 fully saturated rings. The lowest BCUT2D eigenvalue weighted by Gasteiger charge is -2.40. The zero-order chi connectivity index (χ0) is 13.2. The summed E-state index contributed by atoms with van der Waals surface area (Å²) in [6.45, 7) is 2.59. The molecular formula is C16H22BrNO. The fraction of sp³-hybridized carbons (Fsp3) is 0.625. The minimum atomic E-state index is 0.342. The van der Waals surface area contributed by atoms with Crippen molar-refractivity contribution in [2.75, 3.05) is 19.7 Å². The molecule has 1 aliphatic carbocycles. The van der Waals surface area contributed by atoms with Crippen molar-refractivity contribution in [2.24, 2.45) is 5.92 Å². The van der Waals surface area contributed by atoms with Crippen LogP contribution in [0.15, 0.2) is 22.7 Å². The number of hydrogen-bond acceptors (Lipinski definition) is 2. The molecule has 3 rings (SSSR count). The van der Waals surface area contributed by atoms with Crippen molar-refractivity contribution in [1.82, 2.24) is 4.90 Å². The average Bonchev–Trinajstić information content (AvgIpc) is 2.46. The summed E-state index contributed by atoms with van der Waals surface area (Å²) in [7, 11) is 0. The second-order valence-electron chi connectivity index (χ2n) is 5.94. The van der Waals surface area contributed by atoms with Crippen LogP contribution in [0.5, 0.6) is 0 Å². The third-order valence-electron chi connectivity index (χ3n) is 4.64. The molecule has 2 atom stereocenters. The third-order valence-corrected chi connectivity index (χ3v) is 5.13. The van der Waals surface area contributed by atoms with E-state index in [2.05, 4.69) is 39.0 Å². The first kappa shape index (κ1) is 13.6. The van der Waals surface area contributed by atoms with Crippen LogP contribution < -0.4 is 0 Å². The summed E-state index contributed by atoms with van der Waals surface area (Å²) < 4.78 is 1.19. The van der Waals surface area contributed by atoms with Crippen LogP contribution in [-0.4, -0.2) is 29.7 Å². The molecule has 0 aromatic heterocycles. The summed E-state index contributed by atoms with van der Waals surface area (Å²) in [5.74, 6) is 0.478. The van der Waals surface area contributed by atoms with Crippen molar-refractivity contribution in [1.29, 1.82) is 0 Å². The molecule has 0 radical (unpaired) electrons. The van der Waals surface area contributed by atoms with E-state index >= 15 is 0 Å². The van der Waals surface area contributed by atoms with Crippen LogP contribution in [0.2, 0.25) is 0 Å². The Morgan fingerprint density at radius 3 is 3.00 bits per heavy atom. The van der Waals surface area contributed by atoms with Crippen LogP contribution in [0.3, 0.4) is 0 Å². The number of rotatable bonds is 2. The average molecular weight is 324 g/mol. The number of benzene rings is 1. The maximum atomic E-state index is 9.41. The number of hydrogen-bond donors (Lipinski definition) is 1. The van der Waals surface area contributed by atoms with Gasteiger partial charge in [0.15, 0.2) is 0 Å². The Hall–Kier alpha value is -0.380. The monoisotopic (exact) mass is 323 g/mol. The zero-order valence-corrected chi connectivity index (χ0v) is 12.9. The molecule has 1 aromatic rings. The molecule has 1 aromatic carbocycles. The molecular weight excluding hydrogens is 302 g/mol. The number of fused-ring (bicyclic) bond motifs is 1. The van der Waals surface area contributed by atoms with Crippen LogP contribution in [0, 0.1) is 5.92 Å². The van der Waals surface area contributed by atoms with Gasteiger partial charge in [0.25, 0.3) is 0 Å². The highest BCUT2D eigenvalue weighted by molar-refractivity contribution is 9.10.